The molecule has 25 heavy (non-hydrogen) atoms. The molecule has 3 aromatic heterocycles. The number of aliphatic hydroxyl groups excluding tert-OH is 1. The fourth-order valence-electron chi connectivity index (χ4n) is 3.30. The third-order valence-corrected chi connectivity index (χ3v) is 6.14. The lowest BCUT2D eigenvalue weighted by atomic mass is 10.1. The Morgan fingerprint density at radius 1 is 1.24 bits per heavy atom. The normalized spacial score (nSPS) is 16.2. The van der Waals surface area contributed by atoms with Crippen LogP contribution in [-0.2, 0) is 0 Å². The molecule has 3 aromatic rings. The molecule has 7 heteroatoms. The number of anilines is 1. The van der Waals surface area contributed by atoms with Crippen molar-refractivity contribution in [2.45, 2.75) is 33.0 Å². The van der Waals surface area contributed by atoms with Gasteiger partial charge in [-0.3, -0.25) is 10.3 Å². The van der Waals surface area contributed by atoms with Gasteiger partial charge in [-0.1, -0.05) is 0 Å². The molecule has 6 nitrogen and oxygen atoms in total. The van der Waals surface area contributed by atoms with Gasteiger partial charge in [0, 0.05) is 30.7 Å². The maximum Gasteiger partial charge on any atom is 0.147 e. The van der Waals surface area contributed by atoms with E-state index in [1.54, 1.807) is 6.20 Å². The molecule has 1 saturated heterocycles. The van der Waals surface area contributed by atoms with Crippen molar-refractivity contribution in [2.24, 2.45) is 0 Å². The second kappa shape index (κ2) is 6.33. The van der Waals surface area contributed by atoms with E-state index >= 15 is 0 Å². The Kier molecular flexibility index (Phi) is 4.15. The average Bonchev–Trinajstić information content (AvgIpc) is 2.92. The maximum atomic E-state index is 10.7. The summed E-state index contributed by atoms with van der Waals surface area (Å²) in [6.07, 6.45) is 2.96. The van der Waals surface area contributed by atoms with Gasteiger partial charge in [0.1, 0.15) is 11.1 Å². The lowest BCUT2D eigenvalue weighted by Crippen LogP contribution is -2.58. The molecule has 0 bridgehead atoms. The first-order chi connectivity index (χ1) is 12.0. The number of aromatic nitrogens is 3. The molecule has 0 saturated carbocycles. The van der Waals surface area contributed by atoms with Gasteiger partial charge in [0.2, 0.25) is 0 Å². The number of aliphatic hydroxyl groups is 1. The zero-order valence-electron chi connectivity index (χ0n) is 14.5. The number of nitrogens with one attached hydrogen (secondary N) is 1. The number of thiophene rings is 1. The van der Waals surface area contributed by atoms with E-state index in [1.807, 2.05) is 19.2 Å². The van der Waals surface area contributed by atoms with Crippen LogP contribution in [0.2, 0.25) is 0 Å². The van der Waals surface area contributed by atoms with Crippen molar-refractivity contribution in [1.29, 1.82) is 0 Å². The summed E-state index contributed by atoms with van der Waals surface area (Å²) < 4.78 is 0. The predicted molar refractivity (Wildman–Crippen MR) is 100.0 cm³/mol. The van der Waals surface area contributed by atoms with E-state index in [9.17, 15) is 5.11 Å². The molecular weight excluding hydrogens is 334 g/mol. The van der Waals surface area contributed by atoms with Crippen LogP contribution in [0.3, 0.4) is 0 Å². The highest BCUT2D eigenvalue weighted by Gasteiger charge is 2.30. The first-order valence-corrected chi connectivity index (χ1v) is 9.18. The van der Waals surface area contributed by atoms with Gasteiger partial charge in [0.15, 0.2) is 0 Å². The molecule has 0 radical (unpaired) electrons. The number of hydrogen-bond donors (Lipinski definition) is 2. The zero-order chi connectivity index (χ0) is 17.6. The second-order valence-corrected chi connectivity index (χ2v) is 7.59. The Balaban J connectivity index is 1.47. The minimum absolute atomic E-state index is 0.258. The van der Waals surface area contributed by atoms with E-state index in [0.29, 0.717) is 0 Å². The summed E-state index contributed by atoms with van der Waals surface area (Å²) >= 11 is 1.52. The van der Waals surface area contributed by atoms with E-state index < -0.39 is 6.23 Å². The van der Waals surface area contributed by atoms with Crippen LogP contribution in [0.15, 0.2) is 24.5 Å². The van der Waals surface area contributed by atoms with Gasteiger partial charge >= 0.3 is 0 Å². The van der Waals surface area contributed by atoms with Crippen LogP contribution in [0.5, 0.6) is 0 Å². The SMILES string of the molecule is Cc1nnc2sc(C(O)NC3CN(c4cccnc4)C3)c(C)c2c1C. The van der Waals surface area contributed by atoms with E-state index in [4.69, 9.17) is 0 Å². The fraction of sp³-hybridized carbons (Fsp3) is 0.389. The molecule has 1 aliphatic heterocycles. The molecule has 4 heterocycles. The molecule has 0 amide bonds. The molecule has 0 aromatic carbocycles. The molecule has 1 fully saturated rings. The number of aryl methyl sites for hydroxylation is 3. The molecule has 0 aliphatic carbocycles. The summed E-state index contributed by atoms with van der Waals surface area (Å²) in [5, 5.41) is 23.6. The van der Waals surface area contributed by atoms with Crippen molar-refractivity contribution in [3.8, 4) is 0 Å². The largest absolute Gasteiger partial charge is 0.373 e. The van der Waals surface area contributed by atoms with E-state index in [-0.39, 0.29) is 6.04 Å². The lowest BCUT2D eigenvalue weighted by Gasteiger charge is -2.42. The molecule has 1 aliphatic rings. The van der Waals surface area contributed by atoms with E-state index in [1.165, 1.54) is 11.3 Å². The number of hydrogen-bond acceptors (Lipinski definition) is 7. The lowest BCUT2D eigenvalue weighted by molar-refractivity contribution is 0.119. The minimum Gasteiger partial charge on any atom is -0.373 e. The van der Waals surface area contributed by atoms with Crippen LogP contribution < -0.4 is 10.2 Å². The minimum atomic E-state index is -0.681. The number of rotatable bonds is 4. The second-order valence-electron chi connectivity index (χ2n) is 6.56. The molecule has 0 spiro atoms. The monoisotopic (exact) mass is 355 g/mol. The van der Waals surface area contributed by atoms with Crippen molar-refractivity contribution < 1.29 is 5.11 Å². The summed E-state index contributed by atoms with van der Waals surface area (Å²) in [5.41, 5.74) is 4.30. The Labute approximate surface area is 150 Å². The van der Waals surface area contributed by atoms with E-state index in [0.717, 1.165) is 50.7 Å². The van der Waals surface area contributed by atoms with Gasteiger partial charge < -0.3 is 10.0 Å². The molecule has 4 rings (SSSR count). The van der Waals surface area contributed by atoms with Crippen LogP contribution in [-0.4, -0.2) is 39.4 Å². The topological polar surface area (TPSA) is 74.2 Å². The Morgan fingerprint density at radius 3 is 2.76 bits per heavy atom. The summed E-state index contributed by atoms with van der Waals surface area (Å²) in [4.78, 5) is 8.21. The van der Waals surface area contributed by atoms with Crippen molar-refractivity contribution >= 4 is 27.2 Å². The Bertz CT molecular complexity index is 905. The number of pyridine rings is 1. The molecule has 130 valence electrons. The summed E-state index contributed by atoms with van der Waals surface area (Å²) in [6.45, 7) is 7.81. The molecule has 1 unspecified atom stereocenters. The smallest absolute Gasteiger partial charge is 0.147 e. The van der Waals surface area contributed by atoms with Gasteiger partial charge in [-0.25, -0.2) is 0 Å². The van der Waals surface area contributed by atoms with Gasteiger partial charge in [-0.05, 0) is 44.0 Å². The fourth-order valence-corrected chi connectivity index (χ4v) is 4.43. The quantitative estimate of drug-likeness (QED) is 0.701. The van der Waals surface area contributed by atoms with Crippen molar-refractivity contribution in [1.82, 2.24) is 20.5 Å². The van der Waals surface area contributed by atoms with Gasteiger partial charge in [-0.15, -0.1) is 16.4 Å². The molecule has 1 atom stereocenters. The maximum absolute atomic E-state index is 10.7. The summed E-state index contributed by atoms with van der Waals surface area (Å²) in [7, 11) is 0. The van der Waals surface area contributed by atoms with Gasteiger partial charge in [0.25, 0.3) is 0 Å². The third-order valence-electron chi connectivity index (χ3n) is 4.91. The van der Waals surface area contributed by atoms with Gasteiger partial charge in [-0.2, -0.15) is 5.10 Å². The van der Waals surface area contributed by atoms with E-state index in [2.05, 4.69) is 45.3 Å². The van der Waals surface area contributed by atoms with Crippen LogP contribution in [0, 0.1) is 20.8 Å². The number of nitrogens with zero attached hydrogens (tertiary/aromatic N) is 4. The van der Waals surface area contributed by atoms with Crippen LogP contribution in [0.1, 0.15) is 27.9 Å². The highest BCUT2D eigenvalue weighted by molar-refractivity contribution is 7.18. The summed E-state index contributed by atoms with van der Waals surface area (Å²) in [6, 6.07) is 4.25. The first kappa shape index (κ1) is 16.4. The highest BCUT2D eigenvalue weighted by Crippen LogP contribution is 2.35. The number of fused-ring (bicyclic) bond motifs is 1. The van der Waals surface area contributed by atoms with Gasteiger partial charge in [0.05, 0.1) is 22.5 Å². The predicted octanol–water partition coefficient (Wildman–Crippen LogP) is 2.48. The zero-order valence-corrected chi connectivity index (χ0v) is 15.3. The Morgan fingerprint density at radius 2 is 2.04 bits per heavy atom. The van der Waals surface area contributed by atoms with Crippen molar-refractivity contribution in [2.75, 3.05) is 18.0 Å². The van der Waals surface area contributed by atoms with Crippen molar-refractivity contribution in [3.05, 3.63) is 46.2 Å². The van der Waals surface area contributed by atoms with Crippen LogP contribution in [0.4, 0.5) is 5.69 Å². The third kappa shape index (κ3) is 2.88. The van der Waals surface area contributed by atoms with Crippen molar-refractivity contribution in [3.63, 3.8) is 0 Å². The average molecular weight is 355 g/mol. The highest BCUT2D eigenvalue weighted by atomic mass is 32.1. The van der Waals surface area contributed by atoms with Crippen LogP contribution >= 0.6 is 11.3 Å². The molecule has 2 N–H and O–H groups in total. The Hall–Kier alpha value is -2.09. The molecular formula is C18H21N5OS. The summed E-state index contributed by atoms with van der Waals surface area (Å²) in [5.74, 6) is 0. The first-order valence-electron chi connectivity index (χ1n) is 8.36. The standard InChI is InChI=1S/C18H21N5OS/c1-10-12(3)21-22-18-15(10)11(2)16(25-18)17(24)20-13-8-23(9-13)14-5-4-6-19-7-14/h4-7,13,17,20,24H,8-9H2,1-3H3. The van der Waals surface area contributed by atoms with Crippen LogP contribution in [0.25, 0.3) is 10.2 Å².